The van der Waals surface area contributed by atoms with E-state index in [1.54, 1.807) is 7.05 Å². The van der Waals surface area contributed by atoms with Gasteiger partial charge in [0.05, 0.1) is 25.5 Å². The number of fused-ring (bicyclic) bond motifs is 3. The summed E-state index contributed by atoms with van der Waals surface area (Å²) in [4.78, 5) is 13.8. The normalized spacial score (nSPS) is 18.2. The molecular weight excluding hydrogens is 448 g/mol. The lowest BCUT2D eigenvalue weighted by Gasteiger charge is -2.12. The van der Waals surface area contributed by atoms with E-state index in [0.29, 0.717) is 10.8 Å². The van der Waals surface area contributed by atoms with Crippen molar-refractivity contribution in [3.8, 4) is 0 Å². The van der Waals surface area contributed by atoms with Crippen LogP contribution in [0.4, 0.5) is 0 Å². The van der Waals surface area contributed by atoms with Gasteiger partial charge in [-0.2, -0.15) is 4.80 Å². The van der Waals surface area contributed by atoms with Crippen LogP contribution in [0, 0.1) is 0 Å². The Morgan fingerprint density at radius 3 is 2.55 bits per heavy atom. The molecule has 12 heteroatoms. The Labute approximate surface area is 196 Å². The number of H-pyrrole nitrogens is 1. The Morgan fingerprint density at radius 1 is 1.24 bits per heavy atom. The van der Waals surface area contributed by atoms with Crippen molar-refractivity contribution in [2.24, 2.45) is 7.05 Å². The highest BCUT2D eigenvalue weighted by Crippen LogP contribution is 2.41. The Kier molecular flexibility index (Phi) is 7.68. The minimum Gasteiger partial charge on any atom is -0.390 e. The zero-order chi connectivity index (χ0) is 24.3. The average molecular weight is 479 g/mol. The van der Waals surface area contributed by atoms with Crippen LogP contribution in [0.2, 0.25) is 5.15 Å². The van der Waals surface area contributed by atoms with Crippen LogP contribution in [-0.2, 0) is 13.7 Å². The molecule has 4 aromatic rings. The van der Waals surface area contributed by atoms with E-state index in [1.165, 1.54) is 18.6 Å². The van der Waals surface area contributed by atoms with Gasteiger partial charge in [-0.15, -0.1) is 10.2 Å². The number of aliphatic hydroxyl groups is 3. The molecule has 0 amide bonds. The van der Waals surface area contributed by atoms with Gasteiger partial charge < -0.3 is 24.9 Å². The second-order valence-corrected chi connectivity index (χ2v) is 8.62. The molecule has 0 bridgehead atoms. The second-order valence-electron chi connectivity index (χ2n) is 8.26. The van der Waals surface area contributed by atoms with Crippen molar-refractivity contribution in [2.75, 3.05) is 0 Å². The molecule has 180 valence electrons. The maximum atomic E-state index is 9.38. The number of hydrogen-bond donors (Lipinski definition) is 4. The molecule has 33 heavy (non-hydrogen) atoms. The van der Waals surface area contributed by atoms with E-state index in [1.807, 2.05) is 26.2 Å². The number of halogens is 1. The molecule has 1 unspecified atom stereocenters. The van der Waals surface area contributed by atoms with E-state index in [-0.39, 0.29) is 18.6 Å². The van der Waals surface area contributed by atoms with Gasteiger partial charge in [0.25, 0.3) is 0 Å². The Balaban J connectivity index is 0.000000390. The third-order valence-corrected chi connectivity index (χ3v) is 5.45. The highest BCUT2D eigenvalue weighted by Gasteiger charge is 2.31. The number of aliphatic hydroxyl groups excluding tert-OH is 1. The van der Waals surface area contributed by atoms with Gasteiger partial charge in [0.15, 0.2) is 17.3 Å². The summed E-state index contributed by atoms with van der Waals surface area (Å²) < 4.78 is 2.09. The number of nitrogens with one attached hydrogen (secondary N) is 1. The number of hydrogen-bond acceptors (Lipinski definition) is 8. The minimum absolute atomic E-state index is 0.0807. The fourth-order valence-electron chi connectivity index (χ4n) is 3.91. The van der Waals surface area contributed by atoms with Crippen molar-refractivity contribution in [1.82, 2.24) is 39.7 Å². The summed E-state index contributed by atoms with van der Waals surface area (Å²) in [5, 5.41) is 39.2. The van der Waals surface area contributed by atoms with E-state index in [2.05, 4.69) is 34.9 Å². The first kappa shape index (κ1) is 25.0. The zero-order valence-electron chi connectivity index (χ0n) is 19.5. The molecule has 0 saturated heterocycles. The van der Waals surface area contributed by atoms with Crippen molar-refractivity contribution in [1.29, 1.82) is 0 Å². The predicted molar refractivity (Wildman–Crippen MR) is 125 cm³/mol. The van der Waals surface area contributed by atoms with Crippen LogP contribution in [-0.4, -0.2) is 60.8 Å². The highest BCUT2D eigenvalue weighted by atomic mass is 35.5. The lowest BCUT2D eigenvalue weighted by Crippen LogP contribution is -2.15. The van der Waals surface area contributed by atoms with E-state index in [0.717, 1.165) is 47.2 Å². The number of rotatable bonds is 3. The molecule has 1 aliphatic carbocycles. The summed E-state index contributed by atoms with van der Waals surface area (Å²) in [6.45, 7) is 6.52. The molecule has 5 rings (SSSR count). The van der Waals surface area contributed by atoms with E-state index in [4.69, 9.17) is 21.8 Å². The molecule has 0 radical (unpaired) electrons. The van der Waals surface area contributed by atoms with Gasteiger partial charge in [-0.3, -0.25) is 0 Å². The molecule has 4 heterocycles. The first-order chi connectivity index (χ1) is 15.6. The fourth-order valence-corrected chi connectivity index (χ4v) is 4.14. The van der Waals surface area contributed by atoms with Gasteiger partial charge >= 0.3 is 0 Å². The number of aromatic nitrogens is 8. The van der Waals surface area contributed by atoms with Crippen molar-refractivity contribution in [3.05, 3.63) is 29.1 Å². The van der Waals surface area contributed by atoms with E-state index >= 15 is 0 Å². The third-order valence-electron chi connectivity index (χ3n) is 5.16. The standard InChI is InChI=1S/C16H17ClN8O.C3H8O2.C2H6/c1-24-22-15(21-23-24)8-2-3-10(4-8)25-7-18-13-12-11(5-9(6-26)19-12)14(17)20-16(13)25;1-3(2,4)5;1-2/h5,7-8,10,19,26H,2-4,6H2,1H3;4-5H,1-2H3;1-2H3/t8-,10?;;/m1../s1. The quantitative estimate of drug-likeness (QED) is 0.259. The summed E-state index contributed by atoms with van der Waals surface area (Å²) in [5.41, 5.74) is 3.03. The summed E-state index contributed by atoms with van der Waals surface area (Å²) >= 11 is 6.38. The maximum absolute atomic E-state index is 9.38. The number of aryl methyl sites for hydroxylation is 1. The molecule has 1 fully saturated rings. The SMILES string of the molecule is CC.CC(C)(O)O.Cn1nnc([C@@H]2CCC(n3cnc4c5[nH]c(CO)cc5c(Cl)nc43)C2)n1. The minimum atomic E-state index is -1.50. The van der Waals surface area contributed by atoms with Crippen molar-refractivity contribution in [2.45, 2.75) is 71.3 Å². The first-order valence-electron chi connectivity index (χ1n) is 11.0. The lowest BCUT2D eigenvalue weighted by molar-refractivity contribution is -0.127. The topological polar surface area (TPSA) is 151 Å². The van der Waals surface area contributed by atoms with Gasteiger partial charge in [-0.25, -0.2) is 9.97 Å². The molecule has 4 N–H and O–H groups in total. The summed E-state index contributed by atoms with van der Waals surface area (Å²) in [6, 6.07) is 2.08. The third kappa shape index (κ3) is 5.67. The second kappa shape index (κ2) is 10.1. The lowest BCUT2D eigenvalue weighted by atomic mass is 10.1. The van der Waals surface area contributed by atoms with E-state index < -0.39 is 5.79 Å². The Bertz CT molecular complexity index is 1200. The molecule has 1 saturated carbocycles. The van der Waals surface area contributed by atoms with Crippen LogP contribution < -0.4 is 0 Å². The molecule has 0 spiro atoms. The maximum Gasteiger partial charge on any atom is 0.177 e. The van der Waals surface area contributed by atoms with Gasteiger partial charge in [-0.1, -0.05) is 25.4 Å². The molecule has 0 aromatic carbocycles. The van der Waals surface area contributed by atoms with E-state index in [9.17, 15) is 5.11 Å². The average Bonchev–Trinajstić information content (AvgIpc) is 3.52. The largest absolute Gasteiger partial charge is 0.390 e. The number of aromatic amines is 1. The Morgan fingerprint density at radius 2 is 1.94 bits per heavy atom. The summed E-state index contributed by atoms with van der Waals surface area (Å²) in [6.07, 6.45) is 4.74. The Hall–Kier alpha value is -2.60. The van der Waals surface area contributed by atoms with Gasteiger partial charge in [-0.05, 0) is 44.4 Å². The summed E-state index contributed by atoms with van der Waals surface area (Å²) in [5.74, 6) is -0.415. The fraction of sp³-hybridized carbons (Fsp3) is 0.571. The van der Waals surface area contributed by atoms with Crippen LogP contribution in [0.15, 0.2) is 12.4 Å². The van der Waals surface area contributed by atoms with Crippen LogP contribution in [0.25, 0.3) is 22.1 Å². The first-order valence-corrected chi connectivity index (χ1v) is 11.3. The number of nitrogens with zero attached hydrogens (tertiary/aromatic N) is 7. The van der Waals surface area contributed by atoms with Crippen LogP contribution in [0.5, 0.6) is 0 Å². The number of pyridine rings is 1. The van der Waals surface area contributed by atoms with Gasteiger partial charge in [0.1, 0.15) is 10.7 Å². The molecule has 11 nitrogen and oxygen atoms in total. The zero-order valence-corrected chi connectivity index (χ0v) is 20.2. The highest BCUT2D eigenvalue weighted by molar-refractivity contribution is 6.35. The molecule has 2 atom stereocenters. The van der Waals surface area contributed by atoms with Crippen molar-refractivity contribution >= 4 is 33.7 Å². The molecule has 0 aliphatic heterocycles. The number of tetrazole rings is 1. The van der Waals surface area contributed by atoms with Gasteiger partial charge in [0, 0.05) is 23.0 Å². The van der Waals surface area contributed by atoms with Crippen LogP contribution >= 0.6 is 11.6 Å². The molecule has 1 aliphatic rings. The van der Waals surface area contributed by atoms with Crippen molar-refractivity contribution in [3.63, 3.8) is 0 Å². The molecule has 4 aromatic heterocycles. The van der Waals surface area contributed by atoms with Crippen LogP contribution in [0.3, 0.4) is 0 Å². The summed E-state index contributed by atoms with van der Waals surface area (Å²) in [7, 11) is 1.78. The monoisotopic (exact) mass is 478 g/mol. The predicted octanol–water partition coefficient (Wildman–Crippen LogP) is 2.82. The smallest absolute Gasteiger partial charge is 0.177 e. The van der Waals surface area contributed by atoms with Gasteiger partial charge in [0.2, 0.25) is 0 Å². The van der Waals surface area contributed by atoms with Crippen LogP contribution in [0.1, 0.15) is 70.4 Å². The molecular formula is C21H31ClN8O3. The van der Waals surface area contributed by atoms with Crippen molar-refractivity contribution < 1.29 is 15.3 Å². The number of imidazole rings is 1.